The molecule has 10 heteroatoms. The summed E-state index contributed by atoms with van der Waals surface area (Å²) in [6, 6.07) is 12.2. The van der Waals surface area contributed by atoms with Gasteiger partial charge in [0.1, 0.15) is 6.54 Å². The number of alkyl halides is 3. The molecule has 1 amide bonds. The van der Waals surface area contributed by atoms with Crippen molar-refractivity contribution >= 4 is 28.4 Å². The molecule has 160 valence electrons. The number of hydrogen-bond donors (Lipinski definition) is 1. The van der Waals surface area contributed by atoms with Crippen LogP contribution >= 0.6 is 11.6 Å². The summed E-state index contributed by atoms with van der Waals surface area (Å²) in [6.45, 7) is 2.32. The topological polar surface area (TPSA) is 73.0 Å². The van der Waals surface area contributed by atoms with Crippen molar-refractivity contribution in [3.63, 3.8) is 0 Å². The Labute approximate surface area is 179 Å². The maximum absolute atomic E-state index is 12.7. The Bertz CT molecular complexity index is 1250. The molecule has 2 aromatic carbocycles. The van der Waals surface area contributed by atoms with Gasteiger partial charge in [0.25, 0.3) is 0 Å². The molecule has 4 aromatic rings. The van der Waals surface area contributed by atoms with Gasteiger partial charge in [-0.15, -0.1) is 0 Å². The SMILES string of the molecule is Cc1cn(CC(=O)NCc2ccc(Cl)cc2)c2ccc(-c3noc(C(F)(F)F)n3)cc12. The first-order valence-corrected chi connectivity index (χ1v) is 9.60. The molecule has 2 heterocycles. The average molecular weight is 449 g/mol. The Morgan fingerprint density at radius 2 is 1.94 bits per heavy atom. The fourth-order valence-corrected chi connectivity index (χ4v) is 3.34. The Morgan fingerprint density at radius 1 is 1.19 bits per heavy atom. The summed E-state index contributed by atoms with van der Waals surface area (Å²) in [6.07, 6.45) is -2.89. The molecule has 31 heavy (non-hydrogen) atoms. The summed E-state index contributed by atoms with van der Waals surface area (Å²) < 4.78 is 44.2. The summed E-state index contributed by atoms with van der Waals surface area (Å²) in [5, 5.41) is 7.67. The number of carbonyl (C=O) groups excluding carboxylic acids is 1. The highest BCUT2D eigenvalue weighted by atomic mass is 35.5. The van der Waals surface area contributed by atoms with Crippen LogP contribution in [0.4, 0.5) is 13.2 Å². The number of nitrogens with one attached hydrogen (secondary N) is 1. The number of fused-ring (bicyclic) bond motifs is 1. The Morgan fingerprint density at radius 3 is 2.61 bits per heavy atom. The van der Waals surface area contributed by atoms with Gasteiger partial charge in [0.2, 0.25) is 11.7 Å². The molecule has 0 aliphatic rings. The minimum absolute atomic E-state index is 0.0949. The molecule has 4 rings (SSSR count). The summed E-state index contributed by atoms with van der Waals surface area (Å²) in [7, 11) is 0. The molecular weight excluding hydrogens is 433 g/mol. The zero-order chi connectivity index (χ0) is 22.2. The zero-order valence-electron chi connectivity index (χ0n) is 16.2. The molecule has 0 aliphatic carbocycles. The van der Waals surface area contributed by atoms with Crippen LogP contribution in [0.2, 0.25) is 5.02 Å². The van der Waals surface area contributed by atoms with Crippen LogP contribution in [0.3, 0.4) is 0 Å². The smallest absolute Gasteiger partial charge is 0.350 e. The van der Waals surface area contributed by atoms with Crippen LogP contribution in [0, 0.1) is 6.92 Å². The van der Waals surface area contributed by atoms with Crippen LogP contribution in [0.1, 0.15) is 17.0 Å². The van der Waals surface area contributed by atoms with E-state index in [0.717, 1.165) is 22.0 Å². The van der Waals surface area contributed by atoms with Crippen molar-refractivity contribution in [1.82, 2.24) is 20.0 Å². The van der Waals surface area contributed by atoms with Crippen LogP contribution < -0.4 is 5.32 Å². The predicted molar refractivity (Wildman–Crippen MR) is 108 cm³/mol. The number of carbonyl (C=O) groups is 1. The van der Waals surface area contributed by atoms with Crippen LogP contribution in [0.25, 0.3) is 22.3 Å². The van der Waals surface area contributed by atoms with Crippen molar-refractivity contribution in [2.75, 3.05) is 0 Å². The van der Waals surface area contributed by atoms with Gasteiger partial charge in [-0.2, -0.15) is 18.2 Å². The maximum atomic E-state index is 12.7. The molecule has 0 saturated carbocycles. The average Bonchev–Trinajstić information content (AvgIpc) is 3.33. The van der Waals surface area contributed by atoms with E-state index in [4.69, 9.17) is 11.6 Å². The highest BCUT2D eigenvalue weighted by Gasteiger charge is 2.38. The highest BCUT2D eigenvalue weighted by molar-refractivity contribution is 6.30. The lowest BCUT2D eigenvalue weighted by Crippen LogP contribution is -2.26. The number of halogens is 4. The van der Waals surface area contributed by atoms with Gasteiger partial charge in [-0.3, -0.25) is 4.79 Å². The predicted octanol–water partition coefficient (Wildman–Crippen LogP) is 4.99. The van der Waals surface area contributed by atoms with E-state index in [9.17, 15) is 18.0 Å². The third-order valence-corrected chi connectivity index (χ3v) is 4.98. The fraction of sp³-hybridized carbons (Fsp3) is 0.190. The van der Waals surface area contributed by atoms with Gasteiger partial charge in [-0.25, -0.2) is 0 Å². The Hall–Kier alpha value is -3.33. The standard InChI is InChI=1S/C21H16ClF3N4O2/c1-12-10-29(11-18(30)26-9-13-2-5-15(22)6-3-13)17-7-4-14(8-16(12)17)19-27-20(31-28-19)21(23,24)25/h2-8,10H,9,11H2,1H3,(H,26,30). The van der Waals surface area contributed by atoms with E-state index in [2.05, 4.69) is 20.0 Å². The van der Waals surface area contributed by atoms with Gasteiger partial charge < -0.3 is 14.4 Å². The second-order valence-electron chi connectivity index (χ2n) is 7.00. The number of nitrogens with zero attached hydrogens (tertiary/aromatic N) is 3. The molecule has 6 nitrogen and oxygen atoms in total. The lowest BCUT2D eigenvalue weighted by Gasteiger charge is -2.08. The van der Waals surface area contributed by atoms with Crippen molar-refractivity contribution in [3.8, 4) is 11.4 Å². The monoisotopic (exact) mass is 448 g/mol. The van der Waals surface area contributed by atoms with Crippen molar-refractivity contribution in [1.29, 1.82) is 0 Å². The molecule has 0 saturated heterocycles. The van der Waals surface area contributed by atoms with Gasteiger partial charge >= 0.3 is 12.1 Å². The minimum Gasteiger partial charge on any atom is -0.350 e. The molecule has 2 aromatic heterocycles. The number of benzene rings is 2. The molecule has 0 bridgehead atoms. The fourth-order valence-electron chi connectivity index (χ4n) is 3.21. The van der Waals surface area contributed by atoms with E-state index in [-0.39, 0.29) is 18.3 Å². The van der Waals surface area contributed by atoms with E-state index in [1.807, 2.05) is 25.3 Å². The Kier molecular flexibility index (Phi) is 5.45. The molecule has 0 unspecified atom stereocenters. The molecular formula is C21H16ClF3N4O2. The molecule has 0 aliphatic heterocycles. The van der Waals surface area contributed by atoms with E-state index in [1.165, 1.54) is 0 Å². The van der Waals surface area contributed by atoms with Crippen molar-refractivity contribution in [3.05, 3.63) is 70.7 Å². The highest BCUT2D eigenvalue weighted by Crippen LogP contribution is 2.31. The lowest BCUT2D eigenvalue weighted by molar-refractivity contribution is -0.159. The zero-order valence-corrected chi connectivity index (χ0v) is 17.0. The molecule has 0 spiro atoms. The molecule has 0 radical (unpaired) electrons. The van der Waals surface area contributed by atoms with Gasteiger partial charge in [-0.1, -0.05) is 28.9 Å². The number of aromatic nitrogens is 3. The normalized spacial score (nSPS) is 11.8. The summed E-state index contributed by atoms with van der Waals surface area (Å²) in [5.41, 5.74) is 2.94. The number of amides is 1. The molecule has 0 atom stereocenters. The Balaban J connectivity index is 1.51. The van der Waals surface area contributed by atoms with E-state index >= 15 is 0 Å². The van der Waals surface area contributed by atoms with Gasteiger partial charge in [0.05, 0.1) is 0 Å². The van der Waals surface area contributed by atoms with E-state index < -0.39 is 12.1 Å². The van der Waals surface area contributed by atoms with Gasteiger partial charge in [-0.05, 0) is 48.4 Å². The first kappa shape index (κ1) is 20.9. The van der Waals surface area contributed by atoms with Crippen LogP contribution in [0.5, 0.6) is 0 Å². The maximum Gasteiger partial charge on any atom is 0.471 e. The third kappa shape index (κ3) is 4.56. The van der Waals surface area contributed by atoms with E-state index in [0.29, 0.717) is 17.1 Å². The van der Waals surface area contributed by atoms with Crippen LogP contribution in [-0.2, 0) is 24.1 Å². The van der Waals surface area contributed by atoms with Crippen molar-refractivity contribution < 1.29 is 22.5 Å². The van der Waals surface area contributed by atoms with Crippen molar-refractivity contribution in [2.24, 2.45) is 0 Å². The quantitative estimate of drug-likeness (QED) is 0.467. The second-order valence-corrected chi connectivity index (χ2v) is 7.43. The number of hydrogen-bond acceptors (Lipinski definition) is 4. The molecule has 0 fully saturated rings. The summed E-state index contributed by atoms with van der Waals surface area (Å²) in [4.78, 5) is 15.8. The first-order valence-electron chi connectivity index (χ1n) is 9.22. The number of aryl methyl sites for hydroxylation is 1. The third-order valence-electron chi connectivity index (χ3n) is 4.72. The minimum atomic E-state index is -4.70. The second kappa shape index (κ2) is 8.07. The van der Waals surface area contributed by atoms with Gasteiger partial charge in [0.15, 0.2) is 0 Å². The van der Waals surface area contributed by atoms with Crippen molar-refractivity contribution in [2.45, 2.75) is 26.2 Å². The van der Waals surface area contributed by atoms with E-state index in [1.54, 1.807) is 34.9 Å². The number of rotatable bonds is 5. The first-order chi connectivity index (χ1) is 14.7. The summed E-state index contributed by atoms with van der Waals surface area (Å²) >= 11 is 5.86. The van der Waals surface area contributed by atoms with Crippen LogP contribution in [-0.4, -0.2) is 20.6 Å². The van der Waals surface area contributed by atoms with Gasteiger partial charge in [0, 0.05) is 34.2 Å². The molecule has 1 N–H and O–H groups in total. The summed E-state index contributed by atoms with van der Waals surface area (Å²) in [5.74, 6) is -1.72. The lowest BCUT2D eigenvalue weighted by atomic mass is 10.1. The van der Waals surface area contributed by atoms with Crippen LogP contribution in [0.15, 0.2) is 53.2 Å². The largest absolute Gasteiger partial charge is 0.471 e.